The number of benzene rings is 1. The lowest BCUT2D eigenvalue weighted by Gasteiger charge is -2.09. The van der Waals surface area contributed by atoms with E-state index in [1.807, 2.05) is 24.3 Å². The average molecular weight is 330 g/mol. The predicted octanol–water partition coefficient (Wildman–Crippen LogP) is 1.86. The van der Waals surface area contributed by atoms with Gasteiger partial charge in [-0.3, -0.25) is 4.79 Å². The van der Waals surface area contributed by atoms with E-state index in [1.165, 1.54) is 0 Å². The number of anilines is 1. The van der Waals surface area contributed by atoms with Gasteiger partial charge in [-0.05, 0) is 24.6 Å². The van der Waals surface area contributed by atoms with Crippen LogP contribution in [0.15, 0.2) is 36.4 Å². The summed E-state index contributed by atoms with van der Waals surface area (Å²) in [5, 5.41) is 13.9. The summed E-state index contributed by atoms with van der Waals surface area (Å²) in [5.74, 6) is 1.16. The molecule has 0 bridgehead atoms. The van der Waals surface area contributed by atoms with Gasteiger partial charge in [0, 0.05) is 32.4 Å². The molecular weight excluding hydrogens is 308 g/mol. The summed E-state index contributed by atoms with van der Waals surface area (Å²) in [5.41, 5.74) is 1.30. The molecule has 1 aromatic carbocycles. The molecule has 24 heavy (non-hydrogen) atoms. The fourth-order valence-electron chi connectivity index (χ4n) is 2.09. The number of para-hydroxylation sites is 1. The second-order valence-electron chi connectivity index (χ2n) is 5.07. The van der Waals surface area contributed by atoms with Crippen molar-refractivity contribution in [1.82, 2.24) is 15.5 Å². The molecule has 2 aromatic rings. The van der Waals surface area contributed by atoms with Crippen LogP contribution in [0.5, 0.6) is 5.75 Å². The second kappa shape index (κ2) is 9.46. The van der Waals surface area contributed by atoms with Crippen molar-refractivity contribution >= 4 is 11.7 Å². The highest BCUT2D eigenvalue weighted by Gasteiger charge is 2.08. The van der Waals surface area contributed by atoms with Crippen LogP contribution in [-0.4, -0.2) is 43.5 Å². The number of nitrogens with one attached hydrogen (secondary N) is 2. The Labute approximate surface area is 141 Å². The molecule has 0 unspecified atom stereocenters. The molecule has 0 radical (unpaired) electrons. The number of rotatable bonds is 9. The maximum absolute atomic E-state index is 11.9. The molecule has 0 saturated carbocycles. The first-order chi connectivity index (χ1) is 11.7. The molecule has 1 heterocycles. The molecule has 7 nitrogen and oxygen atoms in total. The van der Waals surface area contributed by atoms with Crippen molar-refractivity contribution in [2.45, 2.75) is 13.0 Å². The molecule has 1 aromatic heterocycles. The second-order valence-corrected chi connectivity index (χ2v) is 5.07. The van der Waals surface area contributed by atoms with E-state index in [0.29, 0.717) is 25.5 Å². The molecule has 0 spiro atoms. The molecule has 0 fully saturated rings. The van der Waals surface area contributed by atoms with Gasteiger partial charge in [-0.2, -0.15) is 0 Å². The predicted molar refractivity (Wildman–Crippen MR) is 91.2 cm³/mol. The van der Waals surface area contributed by atoms with E-state index in [2.05, 4.69) is 20.8 Å². The van der Waals surface area contributed by atoms with Crippen LogP contribution >= 0.6 is 0 Å². The van der Waals surface area contributed by atoms with Crippen molar-refractivity contribution < 1.29 is 14.3 Å². The standard InChI is InChI=1S/C17H22N4O3/c1-23-11-5-10-18-17(22)14-8-9-16(21-20-14)19-12-13-6-3-4-7-15(13)24-2/h3-4,6-9H,5,10-12H2,1-2H3,(H,18,22)(H,19,21). The monoisotopic (exact) mass is 330 g/mol. The first-order valence-electron chi connectivity index (χ1n) is 7.71. The zero-order chi connectivity index (χ0) is 17.2. The smallest absolute Gasteiger partial charge is 0.271 e. The Kier molecular flexibility index (Phi) is 6.97. The minimum absolute atomic E-state index is 0.241. The molecule has 2 N–H and O–H groups in total. The number of aromatic nitrogens is 2. The quantitative estimate of drug-likeness (QED) is 0.683. The normalized spacial score (nSPS) is 10.2. The highest BCUT2D eigenvalue weighted by Crippen LogP contribution is 2.18. The minimum atomic E-state index is -0.241. The van der Waals surface area contributed by atoms with E-state index in [1.54, 1.807) is 26.4 Å². The van der Waals surface area contributed by atoms with E-state index in [4.69, 9.17) is 9.47 Å². The van der Waals surface area contributed by atoms with Gasteiger partial charge in [0.15, 0.2) is 5.69 Å². The van der Waals surface area contributed by atoms with Gasteiger partial charge in [0.2, 0.25) is 0 Å². The van der Waals surface area contributed by atoms with Crippen LogP contribution in [-0.2, 0) is 11.3 Å². The Hall–Kier alpha value is -2.67. The van der Waals surface area contributed by atoms with Crippen molar-refractivity contribution in [3.05, 3.63) is 47.7 Å². The third-order valence-electron chi connectivity index (χ3n) is 3.36. The lowest BCUT2D eigenvalue weighted by Crippen LogP contribution is -2.26. The molecule has 1 amide bonds. The number of ether oxygens (including phenoxy) is 2. The summed E-state index contributed by atoms with van der Waals surface area (Å²) >= 11 is 0. The van der Waals surface area contributed by atoms with Gasteiger partial charge in [-0.15, -0.1) is 10.2 Å². The molecule has 128 valence electrons. The Bertz CT molecular complexity index is 647. The summed E-state index contributed by atoms with van der Waals surface area (Å²) < 4.78 is 10.2. The van der Waals surface area contributed by atoms with Gasteiger partial charge in [0.1, 0.15) is 11.6 Å². The highest BCUT2D eigenvalue weighted by molar-refractivity contribution is 5.92. The highest BCUT2D eigenvalue weighted by atomic mass is 16.5. The number of hydrogen-bond donors (Lipinski definition) is 2. The van der Waals surface area contributed by atoms with Crippen molar-refractivity contribution in [2.75, 3.05) is 32.7 Å². The van der Waals surface area contributed by atoms with E-state index in [0.717, 1.165) is 17.7 Å². The number of hydrogen-bond acceptors (Lipinski definition) is 6. The number of amides is 1. The number of carbonyl (C=O) groups excluding carboxylic acids is 1. The fourth-order valence-corrected chi connectivity index (χ4v) is 2.09. The molecule has 0 atom stereocenters. The van der Waals surface area contributed by atoms with Crippen LogP contribution in [0, 0.1) is 0 Å². The van der Waals surface area contributed by atoms with Gasteiger partial charge in [0.25, 0.3) is 5.91 Å². The van der Waals surface area contributed by atoms with Crippen LogP contribution in [0.4, 0.5) is 5.82 Å². The molecular formula is C17H22N4O3. The summed E-state index contributed by atoms with van der Waals surface area (Å²) in [6.07, 6.45) is 0.758. The van der Waals surface area contributed by atoms with Crippen LogP contribution in [0.1, 0.15) is 22.5 Å². The molecule has 7 heteroatoms. The van der Waals surface area contributed by atoms with Gasteiger partial charge < -0.3 is 20.1 Å². The van der Waals surface area contributed by atoms with Gasteiger partial charge >= 0.3 is 0 Å². The lowest BCUT2D eigenvalue weighted by molar-refractivity contribution is 0.0942. The number of nitrogens with zero attached hydrogens (tertiary/aromatic N) is 2. The molecule has 0 aliphatic heterocycles. The van der Waals surface area contributed by atoms with Crippen molar-refractivity contribution in [3.63, 3.8) is 0 Å². The maximum atomic E-state index is 11.9. The van der Waals surface area contributed by atoms with Crippen LogP contribution in [0.2, 0.25) is 0 Å². The Morgan fingerprint density at radius 3 is 2.67 bits per heavy atom. The fraction of sp³-hybridized carbons (Fsp3) is 0.353. The van der Waals surface area contributed by atoms with Crippen molar-refractivity contribution in [1.29, 1.82) is 0 Å². The zero-order valence-corrected chi connectivity index (χ0v) is 13.9. The third-order valence-corrected chi connectivity index (χ3v) is 3.36. The maximum Gasteiger partial charge on any atom is 0.271 e. The molecule has 0 saturated heterocycles. The zero-order valence-electron chi connectivity index (χ0n) is 13.9. The Morgan fingerprint density at radius 2 is 1.96 bits per heavy atom. The summed E-state index contributed by atoms with van der Waals surface area (Å²) in [6.45, 7) is 1.71. The number of methoxy groups -OCH3 is 2. The molecule has 2 rings (SSSR count). The van der Waals surface area contributed by atoms with Crippen LogP contribution in [0.25, 0.3) is 0 Å². The van der Waals surface area contributed by atoms with Gasteiger partial charge in [0.05, 0.1) is 7.11 Å². The Morgan fingerprint density at radius 1 is 1.12 bits per heavy atom. The first kappa shape index (κ1) is 17.7. The van der Waals surface area contributed by atoms with Gasteiger partial charge in [-0.1, -0.05) is 18.2 Å². The average Bonchev–Trinajstić information content (AvgIpc) is 2.64. The van der Waals surface area contributed by atoms with Crippen molar-refractivity contribution in [3.8, 4) is 5.75 Å². The molecule has 0 aliphatic carbocycles. The SMILES string of the molecule is COCCCNC(=O)c1ccc(NCc2ccccc2OC)nn1. The van der Waals surface area contributed by atoms with E-state index in [9.17, 15) is 4.79 Å². The van der Waals surface area contributed by atoms with E-state index < -0.39 is 0 Å². The summed E-state index contributed by atoms with van der Waals surface area (Å²) in [7, 11) is 3.27. The van der Waals surface area contributed by atoms with E-state index in [-0.39, 0.29) is 11.6 Å². The number of carbonyl (C=O) groups is 1. The first-order valence-corrected chi connectivity index (χ1v) is 7.71. The van der Waals surface area contributed by atoms with Crippen molar-refractivity contribution in [2.24, 2.45) is 0 Å². The molecule has 0 aliphatic rings. The third kappa shape index (κ3) is 5.20. The summed E-state index contributed by atoms with van der Waals surface area (Å²) in [4.78, 5) is 11.9. The largest absolute Gasteiger partial charge is 0.496 e. The van der Waals surface area contributed by atoms with E-state index >= 15 is 0 Å². The summed E-state index contributed by atoms with van der Waals surface area (Å²) in [6, 6.07) is 11.1. The lowest BCUT2D eigenvalue weighted by atomic mass is 10.2. The Balaban J connectivity index is 1.86. The topological polar surface area (TPSA) is 85.4 Å². The van der Waals surface area contributed by atoms with Crippen LogP contribution < -0.4 is 15.4 Å². The van der Waals surface area contributed by atoms with Gasteiger partial charge in [-0.25, -0.2) is 0 Å². The minimum Gasteiger partial charge on any atom is -0.496 e. The van der Waals surface area contributed by atoms with Crippen LogP contribution in [0.3, 0.4) is 0 Å².